The van der Waals surface area contributed by atoms with Crippen LogP contribution < -0.4 is 10.6 Å². The molecule has 2 aromatic carbocycles. The Balaban J connectivity index is 1.89. The highest BCUT2D eigenvalue weighted by atomic mass is 16.5. The number of nitrogens with one attached hydrogen (secondary N) is 2. The van der Waals surface area contributed by atoms with Crippen LogP contribution in [0.1, 0.15) is 17.0 Å². The van der Waals surface area contributed by atoms with Gasteiger partial charge in [-0.25, -0.2) is 0 Å². The molecule has 5 heteroatoms. The molecular formula is C21H29N3O2. The van der Waals surface area contributed by atoms with E-state index in [0.29, 0.717) is 26.4 Å². The van der Waals surface area contributed by atoms with Crippen LogP contribution in [0, 0.1) is 0 Å². The lowest BCUT2D eigenvalue weighted by atomic mass is 9.91. The van der Waals surface area contributed by atoms with Gasteiger partial charge in [0.25, 0.3) is 0 Å². The summed E-state index contributed by atoms with van der Waals surface area (Å²) in [5.74, 6) is 1.03. The van der Waals surface area contributed by atoms with Crippen molar-refractivity contribution >= 4 is 5.96 Å². The third-order valence-electron chi connectivity index (χ3n) is 4.07. The summed E-state index contributed by atoms with van der Waals surface area (Å²) in [7, 11) is 3.45. The zero-order chi connectivity index (χ0) is 18.5. The zero-order valence-electron chi connectivity index (χ0n) is 15.7. The van der Waals surface area contributed by atoms with Crippen LogP contribution in [-0.4, -0.2) is 53.0 Å². The first-order valence-electron chi connectivity index (χ1n) is 8.96. The Morgan fingerprint density at radius 1 is 0.885 bits per heavy atom. The van der Waals surface area contributed by atoms with Crippen molar-refractivity contribution in [2.75, 3.05) is 47.1 Å². The van der Waals surface area contributed by atoms with E-state index in [2.05, 4.69) is 64.2 Å². The summed E-state index contributed by atoms with van der Waals surface area (Å²) in [4.78, 5) is 4.30. The molecule has 0 radical (unpaired) electrons. The molecule has 0 fully saturated rings. The molecular weight excluding hydrogens is 326 g/mol. The first-order valence-corrected chi connectivity index (χ1v) is 8.96. The maximum Gasteiger partial charge on any atom is 0.191 e. The Bertz CT molecular complexity index is 593. The number of hydrogen-bond acceptors (Lipinski definition) is 3. The molecule has 0 aliphatic rings. The van der Waals surface area contributed by atoms with Gasteiger partial charge in [-0.1, -0.05) is 60.7 Å². The van der Waals surface area contributed by atoms with Gasteiger partial charge in [0.05, 0.1) is 19.8 Å². The van der Waals surface area contributed by atoms with Crippen molar-refractivity contribution in [3.63, 3.8) is 0 Å². The summed E-state index contributed by atoms with van der Waals surface area (Å²) in [6, 6.07) is 21.1. The second-order valence-corrected chi connectivity index (χ2v) is 5.86. The van der Waals surface area contributed by atoms with E-state index in [9.17, 15) is 0 Å². The average Bonchev–Trinajstić information content (AvgIpc) is 2.70. The molecule has 0 heterocycles. The predicted molar refractivity (Wildman–Crippen MR) is 107 cm³/mol. The highest BCUT2D eigenvalue weighted by Crippen LogP contribution is 2.23. The van der Waals surface area contributed by atoms with Crippen LogP contribution in [0.2, 0.25) is 0 Å². The van der Waals surface area contributed by atoms with E-state index in [1.54, 1.807) is 14.2 Å². The van der Waals surface area contributed by atoms with E-state index in [-0.39, 0.29) is 5.92 Å². The molecule has 2 rings (SSSR count). The average molecular weight is 355 g/mol. The van der Waals surface area contributed by atoms with Crippen LogP contribution >= 0.6 is 0 Å². The SMILES string of the molecule is CN=C(NCCOCCOC)NCC(c1ccccc1)c1ccccc1. The van der Waals surface area contributed by atoms with Crippen LogP contribution in [0.15, 0.2) is 65.7 Å². The lowest BCUT2D eigenvalue weighted by molar-refractivity contribution is 0.0733. The largest absolute Gasteiger partial charge is 0.382 e. The minimum atomic E-state index is 0.258. The Morgan fingerprint density at radius 3 is 2.04 bits per heavy atom. The number of aliphatic imine (C=N–C) groups is 1. The number of rotatable bonds is 10. The zero-order valence-corrected chi connectivity index (χ0v) is 15.7. The maximum atomic E-state index is 5.46. The maximum absolute atomic E-state index is 5.46. The van der Waals surface area contributed by atoms with Gasteiger partial charge >= 0.3 is 0 Å². The van der Waals surface area contributed by atoms with Gasteiger partial charge in [-0.2, -0.15) is 0 Å². The number of guanidine groups is 1. The topological polar surface area (TPSA) is 54.9 Å². The summed E-state index contributed by atoms with van der Waals surface area (Å²) in [5, 5.41) is 6.70. The van der Waals surface area contributed by atoms with Crippen molar-refractivity contribution in [1.29, 1.82) is 0 Å². The molecule has 2 N–H and O–H groups in total. The predicted octanol–water partition coefficient (Wildman–Crippen LogP) is 2.65. The molecule has 0 amide bonds. The smallest absolute Gasteiger partial charge is 0.191 e. The minimum Gasteiger partial charge on any atom is -0.382 e. The Kier molecular flexibility index (Phi) is 9.25. The fourth-order valence-corrected chi connectivity index (χ4v) is 2.70. The molecule has 5 nitrogen and oxygen atoms in total. The first-order chi connectivity index (χ1) is 12.8. The fraction of sp³-hybridized carbons (Fsp3) is 0.381. The van der Waals surface area contributed by atoms with E-state index < -0.39 is 0 Å². The summed E-state index contributed by atoms with van der Waals surface area (Å²) < 4.78 is 10.4. The summed E-state index contributed by atoms with van der Waals surface area (Å²) in [6.45, 7) is 3.30. The van der Waals surface area contributed by atoms with Crippen molar-refractivity contribution in [2.45, 2.75) is 5.92 Å². The summed E-state index contributed by atoms with van der Waals surface area (Å²) in [6.07, 6.45) is 0. The van der Waals surface area contributed by atoms with E-state index in [1.807, 2.05) is 12.1 Å². The Labute approximate surface area is 156 Å². The van der Waals surface area contributed by atoms with Crippen molar-refractivity contribution in [1.82, 2.24) is 10.6 Å². The highest BCUT2D eigenvalue weighted by Gasteiger charge is 2.14. The van der Waals surface area contributed by atoms with Gasteiger partial charge < -0.3 is 20.1 Å². The van der Waals surface area contributed by atoms with E-state index in [1.165, 1.54) is 11.1 Å². The van der Waals surface area contributed by atoms with Gasteiger partial charge in [0.1, 0.15) is 0 Å². The molecule has 0 aromatic heterocycles. The van der Waals surface area contributed by atoms with Crippen molar-refractivity contribution in [3.05, 3.63) is 71.8 Å². The highest BCUT2D eigenvalue weighted by molar-refractivity contribution is 5.79. The normalized spacial score (nSPS) is 11.6. The number of hydrogen-bond donors (Lipinski definition) is 2. The number of methoxy groups -OCH3 is 1. The number of ether oxygens (including phenoxy) is 2. The van der Waals surface area contributed by atoms with Crippen LogP contribution in [-0.2, 0) is 9.47 Å². The molecule has 0 bridgehead atoms. The minimum absolute atomic E-state index is 0.258. The van der Waals surface area contributed by atoms with Crippen LogP contribution in [0.3, 0.4) is 0 Å². The van der Waals surface area contributed by atoms with Gasteiger partial charge in [-0.15, -0.1) is 0 Å². The van der Waals surface area contributed by atoms with Crippen LogP contribution in [0.5, 0.6) is 0 Å². The lowest BCUT2D eigenvalue weighted by Gasteiger charge is -2.20. The quantitative estimate of drug-likeness (QED) is 0.391. The van der Waals surface area contributed by atoms with E-state index >= 15 is 0 Å². The van der Waals surface area contributed by atoms with Gasteiger partial charge in [-0.3, -0.25) is 4.99 Å². The molecule has 26 heavy (non-hydrogen) atoms. The molecule has 0 spiro atoms. The third kappa shape index (κ3) is 6.86. The van der Waals surface area contributed by atoms with Gasteiger partial charge in [0, 0.05) is 33.2 Å². The van der Waals surface area contributed by atoms with Crippen molar-refractivity contribution in [3.8, 4) is 0 Å². The molecule has 0 aliphatic carbocycles. The van der Waals surface area contributed by atoms with Crippen molar-refractivity contribution in [2.24, 2.45) is 4.99 Å². The Hall–Kier alpha value is -2.37. The second-order valence-electron chi connectivity index (χ2n) is 5.86. The van der Waals surface area contributed by atoms with Crippen molar-refractivity contribution < 1.29 is 9.47 Å². The monoisotopic (exact) mass is 355 g/mol. The lowest BCUT2D eigenvalue weighted by Crippen LogP contribution is -2.41. The summed E-state index contributed by atoms with van der Waals surface area (Å²) >= 11 is 0. The third-order valence-corrected chi connectivity index (χ3v) is 4.07. The molecule has 140 valence electrons. The van der Waals surface area contributed by atoms with Gasteiger partial charge in [0.15, 0.2) is 5.96 Å². The second kappa shape index (κ2) is 12.1. The van der Waals surface area contributed by atoms with Gasteiger partial charge in [0.2, 0.25) is 0 Å². The number of nitrogens with zero attached hydrogens (tertiary/aromatic N) is 1. The van der Waals surface area contributed by atoms with E-state index in [4.69, 9.17) is 9.47 Å². The fourth-order valence-electron chi connectivity index (χ4n) is 2.70. The van der Waals surface area contributed by atoms with Gasteiger partial charge in [-0.05, 0) is 11.1 Å². The Morgan fingerprint density at radius 2 is 1.50 bits per heavy atom. The first kappa shape index (κ1) is 19.9. The van der Waals surface area contributed by atoms with E-state index in [0.717, 1.165) is 12.5 Å². The molecule has 0 aliphatic heterocycles. The molecule has 0 saturated carbocycles. The number of benzene rings is 2. The molecule has 2 aromatic rings. The van der Waals surface area contributed by atoms with Crippen LogP contribution in [0.4, 0.5) is 0 Å². The standard InChI is InChI=1S/C21H29N3O2/c1-22-21(23-13-14-26-16-15-25-2)24-17-20(18-9-5-3-6-10-18)19-11-7-4-8-12-19/h3-12,20H,13-17H2,1-2H3,(H2,22,23,24). The molecule has 0 unspecified atom stereocenters. The molecule has 0 atom stereocenters. The molecule has 0 saturated heterocycles. The van der Waals surface area contributed by atoms with Crippen LogP contribution in [0.25, 0.3) is 0 Å². The summed E-state index contributed by atoms with van der Waals surface area (Å²) in [5.41, 5.74) is 2.56.